The van der Waals surface area contributed by atoms with Gasteiger partial charge in [0.2, 0.25) is 0 Å². The van der Waals surface area contributed by atoms with Crippen molar-refractivity contribution in [3.63, 3.8) is 0 Å². The summed E-state index contributed by atoms with van der Waals surface area (Å²) in [7, 11) is 1.48. The number of rotatable bonds is 8. The molecule has 3 amide bonds. The zero-order valence-corrected chi connectivity index (χ0v) is 23.6. The maximum Gasteiger partial charge on any atom is 0.285 e. The van der Waals surface area contributed by atoms with Gasteiger partial charge in [0, 0.05) is 16.3 Å². The third-order valence-electron chi connectivity index (χ3n) is 5.75. The maximum atomic E-state index is 12.9. The van der Waals surface area contributed by atoms with Crippen molar-refractivity contribution in [2.45, 2.75) is 13.8 Å². The van der Waals surface area contributed by atoms with Crippen molar-refractivity contribution >= 4 is 69.4 Å². The topological polar surface area (TPSA) is 97.0 Å². The van der Waals surface area contributed by atoms with Gasteiger partial charge in [-0.2, -0.15) is 5.01 Å². The van der Waals surface area contributed by atoms with Crippen LogP contribution >= 0.6 is 35.6 Å². The largest absolute Gasteiger partial charge is 0.493 e. The fraction of sp³-hybridized carbons (Fsp3) is 0.143. The third-order valence-corrected chi connectivity index (χ3v) is 7.30. The molecule has 2 N–H and O–H groups in total. The number of thiocarbonyl (C=S) groups is 1. The van der Waals surface area contributed by atoms with Gasteiger partial charge in [0.15, 0.2) is 22.4 Å². The monoisotopic (exact) mass is 581 g/mol. The minimum absolute atomic E-state index is 0.190. The van der Waals surface area contributed by atoms with E-state index < -0.39 is 11.8 Å². The van der Waals surface area contributed by atoms with E-state index in [-0.39, 0.29) is 16.8 Å². The molecule has 0 unspecified atom stereocenters. The number of anilines is 1. The van der Waals surface area contributed by atoms with Crippen molar-refractivity contribution in [3.05, 3.63) is 92.8 Å². The van der Waals surface area contributed by atoms with Crippen molar-refractivity contribution < 1.29 is 23.9 Å². The van der Waals surface area contributed by atoms with E-state index in [4.69, 9.17) is 33.3 Å². The van der Waals surface area contributed by atoms with Gasteiger partial charge in [0.1, 0.15) is 0 Å². The molecule has 0 aliphatic carbocycles. The Morgan fingerprint density at radius 2 is 1.77 bits per heavy atom. The molecule has 200 valence electrons. The Labute approximate surface area is 240 Å². The summed E-state index contributed by atoms with van der Waals surface area (Å²) in [6, 6.07) is 17.0. The average molecular weight is 582 g/mol. The number of carbonyl (C=O) groups excluding carboxylic acids is 3. The van der Waals surface area contributed by atoms with Crippen LogP contribution in [-0.4, -0.2) is 40.8 Å². The quantitative estimate of drug-likeness (QED) is 0.267. The van der Waals surface area contributed by atoms with Crippen molar-refractivity contribution in [3.8, 4) is 11.5 Å². The first-order chi connectivity index (χ1) is 18.6. The van der Waals surface area contributed by atoms with Crippen LogP contribution < -0.4 is 20.2 Å². The molecule has 0 saturated carbocycles. The van der Waals surface area contributed by atoms with Crippen LogP contribution in [-0.2, 0) is 9.59 Å². The highest BCUT2D eigenvalue weighted by atomic mass is 35.5. The van der Waals surface area contributed by atoms with Gasteiger partial charge in [-0.25, -0.2) is 0 Å². The Hall–Kier alpha value is -3.86. The Morgan fingerprint density at radius 3 is 2.46 bits per heavy atom. The molecule has 1 heterocycles. The molecule has 1 aliphatic heterocycles. The number of hydrogen-bond acceptors (Lipinski definition) is 7. The van der Waals surface area contributed by atoms with Gasteiger partial charge >= 0.3 is 0 Å². The molecule has 1 aliphatic rings. The van der Waals surface area contributed by atoms with Crippen LogP contribution in [0, 0.1) is 13.8 Å². The van der Waals surface area contributed by atoms with Gasteiger partial charge in [0.25, 0.3) is 17.7 Å². The predicted octanol–water partition coefficient (Wildman–Crippen LogP) is 5.53. The number of nitrogens with zero attached hydrogens (tertiary/aromatic N) is 1. The zero-order chi connectivity index (χ0) is 28.1. The van der Waals surface area contributed by atoms with Gasteiger partial charge in [-0.3, -0.25) is 19.8 Å². The van der Waals surface area contributed by atoms with Crippen molar-refractivity contribution in [1.29, 1.82) is 0 Å². The molecule has 39 heavy (non-hydrogen) atoms. The number of hydrazine groups is 1. The highest BCUT2D eigenvalue weighted by molar-refractivity contribution is 8.26. The Kier molecular flexibility index (Phi) is 8.90. The van der Waals surface area contributed by atoms with Crippen LogP contribution in [0.2, 0.25) is 5.02 Å². The molecule has 3 aromatic rings. The fourth-order valence-corrected chi connectivity index (χ4v) is 4.84. The number of halogens is 1. The molecule has 1 fully saturated rings. The summed E-state index contributed by atoms with van der Waals surface area (Å²) in [6.07, 6.45) is 1.63. The first-order valence-electron chi connectivity index (χ1n) is 11.7. The van der Waals surface area contributed by atoms with Crippen LogP contribution in [0.1, 0.15) is 27.0 Å². The van der Waals surface area contributed by atoms with E-state index in [1.165, 1.54) is 7.11 Å². The van der Waals surface area contributed by atoms with Gasteiger partial charge in [-0.1, -0.05) is 35.5 Å². The molecule has 11 heteroatoms. The molecule has 0 spiro atoms. The number of benzene rings is 3. The molecule has 0 bridgehead atoms. The standard InChI is InChI=1S/C28H24ClN3O5S2/c1-16-4-10-21(12-17(16)2)30-25(33)15-37-22-11-5-18(13-23(22)36-3)14-24-27(35)32(28(38)39-24)31-26(34)19-6-8-20(29)9-7-19/h4-14H,15H2,1-3H3,(H,30,33)(H,31,34)/b24-14+. The van der Waals surface area contributed by atoms with Crippen molar-refractivity contribution in [2.75, 3.05) is 19.0 Å². The number of ether oxygens (including phenoxy) is 2. The van der Waals surface area contributed by atoms with Crippen LogP contribution in [0.5, 0.6) is 11.5 Å². The molecule has 1 saturated heterocycles. The number of amides is 3. The maximum absolute atomic E-state index is 12.9. The highest BCUT2D eigenvalue weighted by Crippen LogP contribution is 2.34. The minimum Gasteiger partial charge on any atom is -0.493 e. The number of hydrogen-bond donors (Lipinski definition) is 2. The van der Waals surface area contributed by atoms with E-state index >= 15 is 0 Å². The fourth-order valence-electron chi connectivity index (χ4n) is 3.54. The number of thioether (sulfide) groups is 1. The van der Waals surface area contributed by atoms with E-state index in [1.54, 1.807) is 48.5 Å². The second-order valence-electron chi connectivity index (χ2n) is 8.51. The number of methoxy groups -OCH3 is 1. The summed E-state index contributed by atoms with van der Waals surface area (Å²) in [5, 5.41) is 4.34. The lowest BCUT2D eigenvalue weighted by atomic mass is 10.1. The average Bonchev–Trinajstić information content (AvgIpc) is 3.17. The molecule has 3 aromatic carbocycles. The highest BCUT2D eigenvalue weighted by Gasteiger charge is 2.33. The summed E-state index contributed by atoms with van der Waals surface area (Å²) >= 11 is 12.2. The Bertz CT molecular complexity index is 1490. The summed E-state index contributed by atoms with van der Waals surface area (Å²) < 4.78 is 11.3. The Balaban J connectivity index is 1.40. The zero-order valence-electron chi connectivity index (χ0n) is 21.2. The summed E-state index contributed by atoms with van der Waals surface area (Å²) in [6.45, 7) is 3.76. The second kappa shape index (κ2) is 12.3. The molecule has 0 aromatic heterocycles. The lowest BCUT2D eigenvalue weighted by molar-refractivity contribution is -0.123. The second-order valence-corrected chi connectivity index (χ2v) is 10.6. The lowest BCUT2D eigenvalue weighted by Crippen LogP contribution is -2.44. The lowest BCUT2D eigenvalue weighted by Gasteiger charge is -2.15. The first-order valence-corrected chi connectivity index (χ1v) is 13.3. The molecule has 4 rings (SSSR count). The summed E-state index contributed by atoms with van der Waals surface area (Å²) in [4.78, 5) is 38.2. The number of carbonyl (C=O) groups is 3. The van der Waals surface area contributed by atoms with Gasteiger partial charge in [0.05, 0.1) is 12.0 Å². The minimum atomic E-state index is -0.492. The summed E-state index contributed by atoms with van der Waals surface area (Å²) in [5.74, 6) is -0.515. The van der Waals surface area contributed by atoms with E-state index in [0.717, 1.165) is 27.9 Å². The number of aryl methyl sites for hydroxylation is 2. The molecule has 0 radical (unpaired) electrons. The van der Waals surface area contributed by atoms with Crippen LogP contribution in [0.3, 0.4) is 0 Å². The van der Waals surface area contributed by atoms with Gasteiger partial charge in [-0.05, 0) is 97.4 Å². The van der Waals surface area contributed by atoms with Crippen molar-refractivity contribution in [1.82, 2.24) is 10.4 Å². The normalized spacial score (nSPS) is 13.9. The van der Waals surface area contributed by atoms with E-state index in [1.807, 2.05) is 32.0 Å². The number of nitrogens with one attached hydrogen (secondary N) is 2. The third kappa shape index (κ3) is 6.97. The van der Waals surface area contributed by atoms with Crippen LogP contribution in [0.15, 0.2) is 65.6 Å². The van der Waals surface area contributed by atoms with E-state index in [0.29, 0.717) is 38.2 Å². The Morgan fingerprint density at radius 1 is 1.03 bits per heavy atom. The van der Waals surface area contributed by atoms with Crippen LogP contribution in [0.4, 0.5) is 5.69 Å². The van der Waals surface area contributed by atoms with E-state index in [2.05, 4.69) is 10.7 Å². The molecular weight excluding hydrogens is 558 g/mol. The van der Waals surface area contributed by atoms with Gasteiger partial charge in [-0.15, -0.1) is 0 Å². The predicted molar refractivity (Wildman–Crippen MR) is 157 cm³/mol. The smallest absolute Gasteiger partial charge is 0.285 e. The van der Waals surface area contributed by atoms with Crippen LogP contribution in [0.25, 0.3) is 6.08 Å². The first kappa shape index (κ1) is 28.2. The van der Waals surface area contributed by atoms with Gasteiger partial charge < -0.3 is 14.8 Å². The molecule has 8 nitrogen and oxygen atoms in total. The molecule has 0 atom stereocenters. The van der Waals surface area contributed by atoms with E-state index in [9.17, 15) is 14.4 Å². The van der Waals surface area contributed by atoms with Crippen molar-refractivity contribution in [2.24, 2.45) is 0 Å². The SMILES string of the molecule is COc1cc(/C=C2/SC(=S)N(NC(=O)c3ccc(Cl)cc3)C2=O)ccc1OCC(=O)Nc1ccc(C)c(C)c1. The summed E-state index contributed by atoms with van der Waals surface area (Å²) in [5.41, 5.74) is 6.41. The molecular formula is C28H24ClN3O5S2.